The molecule has 0 unspecified atom stereocenters. The maximum absolute atomic E-state index is 14.6. The fraction of sp³-hybridized carbons (Fsp3) is 0.474. The molecule has 2 aliphatic heterocycles. The maximum atomic E-state index is 14.6. The number of alkyl halides is 3. The second-order valence-corrected chi connectivity index (χ2v) is 7.36. The highest BCUT2D eigenvalue weighted by Crippen LogP contribution is 2.41. The molecule has 1 aromatic heterocycles. The summed E-state index contributed by atoms with van der Waals surface area (Å²) in [4.78, 5) is 14.0. The maximum Gasteiger partial charge on any atom is 0.322 e. The summed E-state index contributed by atoms with van der Waals surface area (Å²) >= 11 is 0. The minimum Gasteiger partial charge on any atom is -0.320 e. The SMILES string of the molecule is Cc1cc(NC(=O)N2CCc3nn4c(c3C2)C(F)(F)CC[C@H](F)C4)ccc1F. The number of hydrogen-bond acceptors (Lipinski definition) is 2. The third kappa shape index (κ3) is 3.33. The fourth-order valence-electron chi connectivity index (χ4n) is 3.80. The van der Waals surface area contributed by atoms with Gasteiger partial charge in [0.2, 0.25) is 0 Å². The second kappa shape index (κ2) is 6.79. The molecule has 3 heterocycles. The average molecular weight is 396 g/mol. The van der Waals surface area contributed by atoms with Crippen LogP contribution in [-0.4, -0.2) is 33.4 Å². The highest BCUT2D eigenvalue weighted by molar-refractivity contribution is 5.89. The molecule has 0 radical (unpaired) electrons. The number of nitrogens with one attached hydrogen (secondary N) is 1. The van der Waals surface area contributed by atoms with Crippen LogP contribution in [0.1, 0.15) is 35.4 Å². The third-order valence-corrected chi connectivity index (χ3v) is 5.29. The number of carbonyl (C=O) groups excluding carboxylic acids is 1. The second-order valence-electron chi connectivity index (χ2n) is 7.36. The van der Waals surface area contributed by atoms with Crippen LogP contribution in [0.15, 0.2) is 18.2 Å². The molecule has 9 heteroatoms. The van der Waals surface area contributed by atoms with Crippen LogP contribution in [0.3, 0.4) is 0 Å². The van der Waals surface area contributed by atoms with Crippen LogP contribution in [-0.2, 0) is 25.4 Å². The van der Waals surface area contributed by atoms with Gasteiger partial charge in [0.15, 0.2) is 0 Å². The van der Waals surface area contributed by atoms with Crippen molar-refractivity contribution >= 4 is 11.7 Å². The van der Waals surface area contributed by atoms with Gasteiger partial charge in [-0.05, 0) is 37.1 Å². The number of benzene rings is 1. The molecule has 0 fully saturated rings. The fourth-order valence-corrected chi connectivity index (χ4v) is 3.80. The molecule has 0 aliphatic carbocycles. The Balaban J connectivity index is 1.57. The Morgan fingerprint density at radius 3 is 2.89 bits per heavy atom. The Labute approximate surface area is 159 Å². The van der Waals surface area contributed by atoms with Gasteiger partial charge in [-0.15, -0.1) is 0 Å². The number of aromatic nitrogens is 2. The van der Waals surface area contributed by atoms with E-state index in [0.29, 0.717) is 35.5 Å². The highest BCUT2D eigenvalue weighted by atomic mass is 19.3. The van der Waals surface area contributed by atoms with Crippen molar-refractivity contribution in [3.05, 3.63) is 46.5 Å². The molecule has 2 amide bonds. The molecule has 1 N–H and O–H groups in total. The van der Waals surface area contributed by atoms with Crippen LogP contribution in [0.5, 0.6) is 0 Å². The van der Waals surface area contributed by atoms with E-state index in [4.69, 9.17) is 0 Å². The van der Waals surface area contributed by atoms with Crippen molar-refractivity contribution in [2.24, 2.45) is 0 Å². The zero-order valence-corrected chi connectivity index (χ0v) is 15.3. The molecule has 1 atom stereocenters. The zero-order chi connectivity index (χ0) is 20.1. The summed E-state index contributed by atoms with van der Waals surface area (Å²) in [6.45, 7) is 1.67. The molecule has 5 nitrogen and oxygen atoms in total. The molecule has 0 bridgehead atoms. The lowest BCUT2D eigenvalue weighted by atomic mass is 10.00. The molecule has 150 valence electrons. The van der Waals surface area contributed by atoms with E-state index in [2.05, 4.69) is 10.4 Å². The van der Waals surface area contributed by atoms with Crippen molar-refractivity contribution in [2.75, 3.05) is 11.9 Å². The first-order valence-electron chi connectivity index (χ1n) is 9.17. The monoisotopic (exact) mass is 396 g/mol. The predicted octanol–water partition coefficient (Wildman–Crippen LogP) is 4.14. The summed E-state index contributed by atoms with van der Waals surface area (Å²) in [5.74, 6) is -3.56. The highest BCUT2D eigenvalue weighted by Gasteiger charge is 2.43. The topological polar surface area (TPSA) is 50.2 Å². The third-order valence-electron chi connectivity index (χ3n) is 5.29. The van der Waals surface area contributed by atoms with Crippen molar-refractivity contribution < 1.29 is 22.4 Å². The largest absolute Gasteiger partial charge is 0.322 e. The lowest BCUT2D eigenvalue weighted by Crippen LogP contribution is -2.39. The van der Waals surface area contributed by atoms with Crippen LogP contribution in [0.4, 0.5) is 28.0 Å². The number of aryl methyl sites for hydroxylation is 1. The zero-order valence-electron chi connectivity index (χ0n) is 15.3. The number of urea groups is 1. The van der Waals surface area contributed by atoms with E-state index in [9.17, 15) is 22.4 Å². The Kier molecular flexibility index (Phi) is 4.55. The van der Waals surface area contributed by atoms with Gasteiger partial charge in [-0.25, -0.2) is 13.6 Å². The van der Waals surface area contributed by atoms with Crippen LogP contribution in [0, 0.1) is 12.7 Å². The minimum atomic E-state index is -3.19. The van der Waals surface area contributed by atoms with E-state index in [1.807, 2.05) is 0 Å². The molecule has 2 aliphatic rings. The lowest BCUT2D eigenvalue weighted by Gasteiger charge is -2.28. The van der Waals surface area contributed by atoms with Crippen LogP contribution < -0.4 is 5.32 Å². The van der Waals surface area contributed by atoms with E-state index in [1.165, 1.54) is 23.1 Å². The first-order valence-corrected chi connectivity index (χ1v) is 9.17. The molecule has 2 aromatic rings. The van der Waals surface area contributed by atoms with Crippen LogP contribution >= 0.6 is 0 Å². The number of amides is 2. The van der Waals surface area contributed by atoms with Crippen LogP contribution in [0.25, 0.3) is 0 Å². The number of halogens is 4. The normalized spacial score (nSPS) is 20.9. The molecular formula is C19H20F4N4O. The smallest absolute Gasteiger partial charge is 0.320 e. The number of nitrogens with zero attached hydrogens (tertiary/aromatic N) is 3. The van der Waals surface area contributed by atoms with Crippen molar-refractivity contribution in [3.63, 3.8) is 0 Å². The van der Waals surface area contributed by atoms with Crippen LogP contribution in [0.2, 0.25) is 0 Å². The first kappa shape index (κ1) is 18.8. The Bertz CT molecular complexity index is 927. The van der Waals surface area contributed by atoms with Gasteiger partial charge in [-0.2, -0.15) is 13.9 Å². The number of fused-ring (bicyclic) bond motifs is 3. The van der Waals surface area contributed by atoms with Crippen molar-refractivity contribution in [1.29, 1.82) is 0 Å². The summed E-state index contributed by atoms with van der Waals surface area (Å²) in [6.07, 6.45) is -1.85. The first-order chi connectivity index (χ1) is 13.2. The Hall–Kier alpha value is -2.58. The van der Waals surface area contributed by atoms with E-state index in [0.717, 1.165) is 4.68 Å². The van der Waals surface area contributed by atoms with Crippen molar-refractivity contribution in [1.82, 2.24) is 14.7 Å². The van der Waals surface area contributed by atoms with E-state index in [1.54, 1.807) is 6.92 Å². The van der Waals surface area contributed by atoms with Crippen molar-refractivity contribution in [2.45, 2.75) is 51.4 Å². The summed E-state index contributed by atoms with van der Waals surface area (Å²) in [7, 11) is 0. The van der Waals surface area contributed by atoms with Gasteiger partial charge in [-0.1, -0.05) is 0 Å². The van der Waals surface area contributed by atoms with Crippen molar-refractivity contribution in [3.8, 4) is 0 Å². The average Bonchev–Trinajstić information content (AvgIpc) is 2.95. The van der Waals surface area contributed by atoms with Gasteiger partial charge in [0, 0.05) is 30.6 Å². The van der Waals surface area contributed by atoms with E-state index in [-0.39, 0.29) is 31.0 Å². The van der Waals surface area contributed by atoms with E-state index < -0.39 is 24.5 Å². The van der Waals surface area contributed by atoms with Gasteiger partial charge < -0.3 is 10.2 Å². The Morgan fingerprint density at radius 1 is 1.36 bits per heavy atom. The minimum absolute atomic E-state index is 0.0246. The molecule has 28 heavy (non-hydrogen) atoms. The molecular weight excluding hydrogens is 376 g/mol. The Morgan fingerprint density at radius 2 is 2.14 bits per heavy atom. The summed E-state index contributed by atoms with van der Waals surface area (Å²) < 4.78 is 57.6. The predicted molar refractivity (Wildman–Crippen MR) is 94.5 cm³/mol. The molecule has 0 saturated carbocycles. The van der Waals surface area contributed by atoms with Gasteiger partial charge in [0.1, 0.15) is 17.7 Å². The number of anilines is 1. The summed E-state index contributed by atoms with van der Waals surface area (Å²) in [6, 6.07) is 3.74. The summed E-state index contributed by atoms with van der Waals surface area (Å²) in [5.41, 5.74) is 1.33. The van der Waals surface area contributed by atoms with Gasteiger partial charge in [-0.3, -0.25) is 4.68 Å². The number of carbonyl (C=O) groups is 1. The van der Waals surface area contributed by atoms with Gasteiger partial charge >= 0.3 is 6.03 Å². The molecule has 4 rings (SSSR count). The number of hydrogen-bond donors (Lipinski definition) is 1. The number of rotatable bonds is 1. The van der Waals surface area contributed by atoms with Gasteiger partial charge in [0.25, 0.3) is 5.92 Å². The molecule has 0 spiro atoms. The lowest BCUT2D eigenvalue weighted by molar-refractivity contribution is -0.0224. The van der Waals surface area contributed by atoms with Gasteiger partial charge in [0.05, 0.1) is 18.8 Å². The molecule has 1 aromatic carbocycles. The summed E-state index contributed by atoms with van der Waals surface area (Å²) in [5, 5.41) is 6.86. The van der Waals surface area contributed by atoms with E-state index >= 15 is 0 Å². The quantitative estimate of drug-likeness (QED) is 0.737. The standard InChI is InChI=1S/C19H20F4N4O/c1-11-8-13(2-3-15(11)21)24-18(28)26-7-5-16-14(10-26)17-19(22,23)6-4-12(20)9-27(17)25-16/h2-3,8,12H,4-7,9-10H2,1H3,(H,24,28)/t12-/m0/s1. The molecule has 0 saturated heterocycles.